The van der Waals surface area contributed by atoms with Crippen molar-refractivity contribution in [2.75, 3.05) is 19.6 Å². The van der Waals surface area contributed by atoms with Crippen LogP contribution in [0.4, 0.5) is 4.79 Å². The minimum absolute atomic E-state index is 0.0753. The topological polar surface area (TPSA) is 79.0 Å². The Morgan fingerprint density at radius 3 is 2.45 bits per heavy atom. The summed E-state index contributed by atoms with van der Waals surface area (Å²) >= 11 is 0. The van der Waals surface area contributed by atoms with E-state index in [1.54, 1.807) is 11.8 Å². The maximum Gasteiger partial charge on any atom is 0.325 e. The molecule has 0 saturated carbocycles. The Morgan fingerprint density at radius 1 is 1.10 bits per heavy atom. The highest BCUT2D eigenvalue weighted by Crippen LogP contribution is 2.31. The van der Waals surface area contributed by atoms with Crippen molar-refractivity contribution in [2.24, 2.45) is 0 Å². The van der Waals surface area contributed by atoms with Crippen LogP contribution in [-0.2, 0) is 19.9 Å². The molecule has 3 atom stereocenters. The first-order valence-electron chi connectivity index (χ1n) is 9.84. The van der Waals surface area contributed by atoms with Crippen molar-refractivity contribution < 1.29 is 19.1 Å². The zero-order chi connectivity index (χ0) is 20.8. The number of urea groups is 1. The van der Waals surface area contributed by atoms with Crippen LogP contribution in [0.25, 0.3) is 10.8 Å². The molecule has 2 saturated heterocycles. The number of fused-ring (bicyclic) bond motifs is 1. The van der Waals surface area contributed by atoms with Gasteiger partial charge in [0.15, 0.2) is 0 Å². The molecule has 0 aromatic heterocycles. The Bertz CT molecular complexity index is 981. The Hall–Kier alpha value is -2.93. The highest BCUT2D eigenvalue weighted by Gasteiger charge is 2.50. The summed E-state index contributed by atoms with van der Waals surface area (Å²) in [6.07, 6.45) is -0.151. The smallest absolute Gasteiger partial charge is 0.325 e. The molecule has 0 radical (unpaired) electrons. The summed E-state index contributed by atoms with van der Waals surface area (Å²) in [4.78, 5) is 41.2. The summed E-state index contributed by atoms with van der Waals surface area (Å²) in [7, 11) is 0. The van der Waals surface area contributed by atoms with E-state index in [1.165, 1.54) is 0 Å². The molecule has 7 nitrogen and oxygen atoms in total. The Balaban J connectivity index is 1.55. The van der Waals surface area contributed by atoms with Crippen LogP contribution in [0, 0.1) is 0 Å². The van der Waals surface area contributed by atoms with Gasteiger partial charge >= 0.3 is 6.03 Å². The number of morpholine rings is 1. The molecule has 29 heavy (non-hydrogen) atoms. The molecule has 2 aromatic carbocycles. The van der Waals surface area contributed by atoms with E-state index in [-0.39, 0.29) is 24.7 Å². The Labute approximate surface area is 169 Å². The number of hydrogen-bond acceptors (Lipinski definition) is 4. The Morgan fingerprint density at radius 2 is 1.76 bits per heavy atom. The molecule has 2 aliphatic heterocycles. The molecule has 152 valence electrons. The van der Waals surface area contributed by atoms with E-state index < -0.39 is 17.5 Å². The minimum Gasteiger partial charge on any atom is -0.372 e. The van der Waals surface area contributed by atoms with Crippen LogP contribution in [0.3, 0.4) is 0 Å². The van der Waals surface area contributed by atoms with Crippen molar-refractivity contribution in [3.05, 3.63) is 48.0 Å². The van der Waals surface area contributed by atoms with E-state index in [4.69, 9.17) is 4.74 Å². The molecule has 2 heterocycles. The number of carbonyl (C=O) groups is 3. The number of carbonyl (C=O) groups excluding carboxylic acids is 3. The van der Waals surface area contributed by atoms with Gasteiger partial charge in [0.25, 0.3) is 5.91 Å². The highest BCUT2D eigenvalue weighted by atomic mass is 16.5. The summed E-state index contributed by atoms with van der Waals surface area (Å²) in [6, 6.07) is 13.0. The molecule has 7 heteroatoms. The van der Waals surface area contributed by atoms with E-state index in [0.29, 0.717) is 18.7 Å². The lowest BCUT2D eigenvalue weighted by Crippen LogP contribution is -2.52. The van der Waals surface area contributed by atoms with Crippen molar-refractivity contribution in [3.8, 4) is 0 Å². The second-order valence-electron chi connectivity index (χ2n) is 8.06. The quantitative estimate of drug-likeness (QED) is 0.809. The van der Waals surface area contributed by atoms with Gasteiger partial charge in [-0.15, -0.1) is 0 Å². The second-order valence-corrected chi connectivity index (χ2v) is 8.06. The van der Waals surface area contributed by atoms with Crippen LogP contribution in [-0.4, -0.2) is 59.5 Å². The van der Waals surface area contributed by atoms with E-state index in [0.717, 1.165) is 15.7 Å². The van der Waals surface area contributed by atoms with Gasteiger partial charge in [0.2, 0.25) is 5.91 Å². The van der Waals surface area contributed by atoms with Gasteiger partial charge in [-0.1, -0.05) is 36.4 Å². The van der Waals surface area contributed by atoms with E-state index in [9.17, 15) is 14.4 Å². The van der Waals surface area contributed by atoms with Gasteiger partial charge in [-0.3, -0.25) is 14.5 Å². The van der Waals surface area contributed by atoms with Crippen molar-refractivity contribution in [2.45, 2.75) is 38.5 Å². The van der Waals surface area contributed by atoms with E-state index in [1.807, 2.05) is 56.3 Å². The average Bonchev–Trinajstić information content (AvgIpc) is 2.91. The second kappa shape index (κ2) is 7.15. The molecular weight excluding hydrogens is 370 g/mol. The normalized spacial score (nSPS) is 27.4. The average molecular weight is 395 g/mol. The van der Waals surface area contributed by atoms with E-state index >= 15 is 0 Å². The molecule has 1 N–H and O–H groups in total. The summed E-state index contributed by atoms with van der Waals surface area (Å²) in [6.45, 7) is 6.12. The predicted molar refractivity (Wildman–Crippen MR) is 108 cm³/mol. The van der Waals surface area contributed by atoms with Crippen LogP contribution in [0.1, 0.15) is 26.3 Å². The lowest BCUT2D eigenvalue weighted by atomic mass is 9.90. The van der Waals surface area contributed by atoms with Crippen molar-refractivity contribution in [1.29, 1.82) is 0 Å². The molecule has 0 bridgehead atoms. The molecule has 2 fully saturated rings. The molecule has 4 amide bonds. The highest BCUT2D eigenvalue weighted by molar-refractivity contribution is 6.09. The number of rotatable bonds is 3. The number of nitrogens with zero attached hydrogens (tertiary/aromatic N) is 2. The molecule has 2 aliphatic rings. The predicted octanol–water partition coefficient (Wildman–Crippen LogP) is 2.24. The van der Waals surface area contributed by atoms with Gasteiger partial charge in [-0.05, 0) is 43.2 Å². The van der Waals surface area contributed by atoms with Gasteiger partial charge in [-0.25, -0.2) is 4.79 Å². The lowest BCUT2D eigenvalue weighted by Gasteiger charge is -2.35. The first-order valence-corrected chi connectivity index (χ1v) is 9.84. The van der Waals surface area contributed by atoms with Gasteiger partial charge in [0.1, 0.15) is 12.1 Å². The third-order valence-electron chi connectivity index (χ3n) is 5.67. The molecule has 4 rings (SSSR count). The number of nitrogens with one attached hydrogen (secondary N) is 1. The van der Waals surface area contributed by atoms with Gasteiger partial charge in [0, 0.05) is 13.1 Å². The first kappa shape index (κ1) is 19.4. The fourth-order valence-corrected chi connectivity index (χ4v) is 4.15. The minimum atomic E-state index is -1.20. The van der Waals surface area contributed by atoms with Crippen molar-refractivity contribution >= 4 is 28.6 Å². The molecule has 0 aliphatic carbocycles. The van der Waals surface area contributed by atoms with Crippen LogP contribution in [0.5, 0.6) is 0 Å². The van der Waals surface area contributed by atoms with Crippen LogP contribution < -0.4 is 5.32 Å². The maximum absolute atomic E-state index is 13.2. The standard InChI is InChI=1S/C22H25N3O4/c1-14-11-24(12-15(2)29-14)19(26)13-25-20(27)22(3,23-21(25)28)18-9-8-16-6-4-5-7-17(16)10-18/h4-10,14-15H,11-13H2,1-3H3,(H,23,28). The zero-order valence-electron chi connectivity index (χ0n) is 16.8. The summed E-state index contributed by atoms with van der Waals surface area (Å²) in [5, 5.41) is 4.82. The number of ether oxygens (including phenoxy) is 1. The van der Waals surface area contributed by atoms with Crippen molar-refractivity contribution in [3.63, 3.8) is 0 Å². The fourth-order valence-electron chi connectivity index (χ4n) is 4.15. The zero-order valence-corrected chi connectivity index (χ0v) is 16.8. The third kappa shape index (κ3) is 3.46. The molecule has 2 aromatic rings. The van der Waals surface area contributed by atoms with Crippen molar-refractivity contribution in [1.82, 2.24) is 15.1 Å². The summed E-state index contributed by atoms with van der Waals surface area (Å²) in [5.41, 5.74) is -0.509. The lowest BCUT2D eigenvalue weighted by molar-refractivity contribution is -0.146. The first-order chi connectivity index (χ1) is 13.8. The molecule has 0 spiro atoms. The number of hydrogen-bond donors (Lipinski definition) is 1. The van der Waals surface area contributed by atoms with Crippen LogP contribution in [0.15, 0.2) is 42.5 Å². The monoisotopic (exact) mass is 395 g/mol. The summed E-state index contributed by atoms with van der Waals surface area (Å²) in [5.74, 6) is -0.668. The summed E-state index contributed by atoms with van der Waals surface area (Å²) < 4.78 is 5.65. The fraction of sp³-hybridized carbons (Fsp3) is 0.409. The van der Waals surface area contributed by atoms with Gasteiger partial charge < -0.3 is 15.0 Å². The van der Waals surface area contributed by atoms with E-state index in [2.05, 4.69) is 5.32 Å². The van der Waals surface area contributed by atoms with Gasteiger partial charge in [0.05, 0.1) is 12.2 Å². The molecule has 3 unspecified atom stereocenters. The maximum atomic E-state index is 13.2. The molecular formula is C22H25N3O4. The SMILES string of the molecule is CC1CN(C(=O)CN2C(=O)NC(C)(c3ccc4ccccc4c3)C2=O)CC(C)O1. The number of amides is 4. The number of imide groups is 1. The van der Waals surface area contributed by atoms with Crippen LogP contribution >= 0.6 is 0 Å². The third-order valence-corrected chi connectivity index (χ3v) is 5.67. The van der Waals surface area contributed by atoms with Crippen LogP contribution in [0.2, 0.25) is 0 Å². The van der Waals surface area contributed by atoms with Gasteiger partial charge in [-0.2, -0.15) is 0 Å². The largest absolute Gasteiger partial charge is 0.372 e. The Kier molecular flexibility index (Phi) is 4.78. The number of benzene rings is 2.